The van der Waals surface area contributed by atoms with Gasteiger partial charge in [-0.05, 0) is 46.3 Å². The van der Waals surface area contributed by atoms with Gasteiger partial charge >= 0.3 is 0 Å². The molecule has 4 rings (SSSR count). The quantitative estimate of drug-likeness (QED) is 0.365. The van der Waals surface area contributed by atoms with Crippen LogP contribution in [0.2, 0.25) is 19.1 Å². The molecule has 112 valence electrons. The van der Waals surface area contributed by atoms with Crippen molar-refractivity contribution in [2.75, 3.05) is 0 Å². The number of hydrogen-bond acceptors (Lipinski definition) is 0. The normalized spacial score (nSPS) is 16.4. The second-order valence-corrected chi connectivity index (χ2v) is 12.2. The molecule has 0 spiro atoms. The van der Waals surface area contributed by atoms with Gasteiger partial charge in [0.05, 0.1) is 8.07 Å². The summed E-state index contributed by atoms with van der Waals surface area (Å²) in [5.41, 5.74) is 3.04. The van der Waals surface area contributed by atoms with Crippen LogP contribution in [0.15, 0.2) is 36.5 Å². The van der Waals surface area contributed by atoms with Crippen molar-refractivity contribution < 1.29 is 4.57 Å². The molecule has 3 aromatic rings. The molecule has 0 saturated heterocycles. The highest BCUT2D eigenvalue weighted by atomic mass is 28.3. The fourth-order valence-corrected chi connectivity index (χ4v) is 6.91. The Bertz CT molecular complexity index is 909. The Morgan fingerprint density at radius 1 is 1.05 bits per heavy atom. The lowest BCUT2D eigenvalue weighted by molar-refractivity contribution is -0.677. The fraction of sp³-hybridized carbons (Fsp3) is 0.350. The Kier molecular flexibility index (Phi) is 2.95. The monoisotopic (exact) mass is 306 g/mol. The van der Waals surface area contributed by atoms with Crippen LogP contribution in [0.1, 0.15) is 18.2 Å². The fourth-order valence-electron chi connectivity index (χ4n) is 4.13. The van der Waals surface area contributed by atoms with Gasteiger partial charge in [0.15, 0.2) is 11.9 Å². The van der Waals surface area contributed by atoms with Gasteiger partial charge in [-0.1, -0.05) is 37.3 Å². The molecule has 22 heavy (non-hydrogen) atoms. The largest absolute Gasteiger partial charge is 0.205 e. The van der Waals surface area contributed by atoms with Crippen molar-refractivity contribution in [2.24, 2.45) is 7.05 Å². The molecule has 2 heterocycles. The molecule has 1 aromatic heterocycles. The van der Waals surface area contributed by atoms with Crippen LogP contribution in [0.4, 0.5) is 0 Å². The Hall–Kier alpha value is -1.67. The molecular formula is C20H24NSi+. The van der Waals surface area contributed by atoms with E-state index >= 15 is 0 Å². The lowest BCUT2D eigenvalue weighted by Gasteiger charge is -2.17. The van der Waals surface area contributed by atoms with Crippen LogP contribution >= 0.6 is 0 Å². The number of fused-ring (bicyclic) bond motifs is 3. The summed E-state index contributed by atoms with van der Waals surface area (Å²) in [5.74, 6) is 0. The zero-order valence-corrected chi connectivity index (χ0v) is 15.0. The van der Waals surface area contributed by atoms with E-state index in [2.05, 4.69) is 68.2 Å². The van der Waals surface area contributed by atoms with E-state index in [1.807, 2.05) is 0 Å². The minimum absolute atomic E-state index is 1.07. The van der Waals surface area contributed by atoms with Crippen molar-refractivity contribution in [3.63, 3.8) is 0 Å². The van der Waals surface area contributed by atoms with E-state index in [9.17, 15) is 0 Å². The Morgan fingerprint density at radius 3 is 2.59 bits per heavy atom. The molecule has 0 radical (unpaired) electrons. The Morgan fingerprint density at radius 2 is 1.82 bits per heavy atom. The molecule has 0 unspecified atom stereocenters. The Balaban J connectivity index is 2.06. The van der Waals surface area contributed by atoms with Crippen molar-refractivity contribution in [1.29, 1.82) is 0 Å². The molecule has 0 aliphatic carbocycles. The van der Waals surface area contributed by atoms with Gasteiger partial charge in [-0.25, -0.2) is 4.57 Å². The molecule has 1 nitrogen and oxygen atoms in total. The summed E-state index contributed by atoms with van der Waals surface area (Å²) >= 11 is 0. The standard InChI is InChI=1S/C20H24NSi/c1-5-19-18-12-16-11-15-7-9-22(3,4)20(15)13-17(16)10-14(18)6-8-21(19)2/h6,8,10-13H,5,7,9H2,1-4H3/q+1. The van der Waals surface area contributed by atoms with Crippen LogP contribution in [-0.4, -0.2) is 8.07 Å². The summed E-state index contributed by atoms with van der Waals surface area (Å²) in [5, 5.41) is 7.31. The van der Waals surface area contributed by atoms with Gasteiger partial charge in [0.1, 0.15) is 7.05 Å². The maximum Gasteiger partial charge on any atom is 0.188 e. The first-order chi connectivity index (χ1) is 10.5. The molecule has 0 saturated carbocycles. The van der Waals surface area contributed by atoms with Crippen LogP contribution in [0, 0.1) is 0 Å². The van der Waals surface area contributed by atoms with E-state index in [1.165, 1.54) is 39.7 Å². The smallest absolute Gasteiger partial charge is 0.188 e. The van der Waals surface area contributed by atoms with Crippen molar-refractivity contribution in [2.45, 2.75) is 38.9 Å². The van der Waals surface area contributed by atoms with E-state index in [1.54, 1.807) is 10.8 Å². The molecule has 0 amide bonds. The SMILES string of the molecule is CCc1c2cc3cc4c(cc3cc2cc[n+]1C)[Si](C)(C)CC4. The lowest BCUT2D eigenvalue weighted by atomic mass is 9.99. The van der Waals surface area contributed by atoms with Crippen LogP contribution in [0.5, 0.6) is 0 Å². The number of rotatable bonds is 1. The third-order valence-corrected chi connectivity index (χ3v) is 8.95. The highest BCUT2D eigenvalue weighted by Gasteiger charge is 2.31. The molecule has 0 atom stereocenters. The van der Waals surface area contributed by atoms with Gasteiger partial charge in [-0.3, -0.25) is 0 Å². The van der Waals surface area contributed by atoms with Crippen molar-refractivity contribution in [3.8, 4) is 0 Å². The highest BCUT2D eigenvalue weighted by molar-refractivity contribution is 6.91. The number of nitrogens with zero attached hydrogens (tertiary/aromatic N) is 1. The molecular weight excluding hydrogens is 282 g/mol. The number of aromatic nitrogens is 1. The van der Waals surface area contributed by atoms with Gasteiger partial charge in [-0.15, -0.1) is 0 Å². The van der Waals surface area contributed by atoms with Crippen LogP contribution in [0.25, 0.3) is 21.5 Å². The maximum atomic E-state index is 2.51. The maximum absolute atomic E-state index is 2.51. The van der Waals surface area contributed by atoms with Gasteiger partial charge < -0.3 is 0 Å². The minimum Gasteiger partial charge on any atom is -0.205 e. The predicted molar refractivity (Wildman–Crippen MR) is 97.6 cm³/mol. The first-order valence-corrected chi connectivity index (χ1v) is 11.6. The molecule has 2 aromatic carbocycles. The van der Waals surface area contributed by atoms with Crippen LogP contribution in [-0.2, 0) is 19.9 Å². The summed E-state index contributed by atoms with van der Waals surface area (Å²) in [6, 6.07) is 13.4. The average Bonchev–Trinajstić information content (AvgIpc) is 2.78. The summed E-state index contributed by atoms with van der Waals surface area (Å²) in [7, 11) is 0.976. The predicted octanol–water partition coefficient (Wildman–Crippen LogP) is 3.85. The molecule has 1 aliphatic heterocycles. The van der Waals surface area contributed by atoms with Crippen molar-refractivity contribution in [1.82, 2.24) is 0 Å². The van der Waals surface area contributed by atoms with Gasteiger partial charge in [0.25, 0.3) is 0 Å². The van der Waals surface area contributed by atoms with Crippen LogP contribution in [0.3, 0.4) is 0 Å². The second kappa shape index (κ2) is 4.66. The summed E-state index contributed by atoms with van der Waals surface area (Å²) in [4.78, 5) is 0. The summed E-state index contributed by atoms with van der Waals surface area (Å²) in [6.07, 6.45) is 4.55. The Labute approximate surface area is 133 Å². The summed E-state index contributed by atoms with van der Waals surface area (Å²) in [6.45, 7) is 7.28. The van der Waals surface area contributed by atoms with E-state index < -0.39 is 8.07 Å². The summed E-state index contributed by atoms with van der Waals surface area (Å²) < 4.78 is 2.26. The molecule has 0 N–H and O–H groups in total. The molecule has 0 fully saturated rings. The van der Waals surface area contributed by atoms with E-state index in [0.29, 0.717) is 0 Å². The molecule has 2 heteroatoms. The molecule has 0 bridgehead atoms. The third-order valence-electron chi connectivity index (χ3n) is 5.53. The van der Waals surface area contributed by atoms with E-state index in [0.717, 1.165) is 6.42 Å². The van der Waals surface area contributed by atoms with E-state index in [-0.39, 0.29) is 0 Å². The number of aryl methyl sites for hydroxylation is 3. The van der Waals surface area contributed by atoms with E-state index in [4.69, 9.17) is 0 Å². The topological polar surface area (TPSA) is 3.88 Å². The minimum atomic E-state index is -1.18. The second-order valence-electron chi connectivity index (χ2n) is 7.41. The molecule has 1 aliphatic rings. The van der Waals surface area contributed by atoms with Gasteiger partial charge in [0.2, 0.25) is 0 Å². The number of hydrogen-bond donors (Lipinski definition) is 0. The zero-order valence-electron chi connectivity index (χ0n) is 14.0. The van der Waals surface area contributed by atoms with Gasteiger partial charge in [-0.2, -0.15) is 0 Å². The zero-order chi connectivity index (χ0) is 15.5. The lowest BCUT2D eigenvalue weighted by Crippen LogP contribution is -2.37. The third kappa shape index (κ3) is 1.93. The van der Waals surface area contributed by atoms with Crippen molar-refractivity contribution in [3.05, 3.63) is 47.8 Å². The number of pyridine rings is 1. The first-order valence-electron chi connectivity index (χ1n) is 8.38. The average molecular weight is 307 g/mol. The van der Waals surface area contributed by atoms with Crippen LogP contribution < -0.4 is 9.75 Å². The highest BCUT2D eigenvalue weighted by Crippen LogP contribution is 2.30. The van der Waals surface area contributed by atoms with Crippen molar-refractivity contribution >= 4 is 34.8 Å². The van der Waals surface area contributed by atoms with Gasteiger partial charge in [0, 0.05) is 17.9 Å². The number of benzene rings is 2. The first kappa shape index (κ1) is 14.0.